The molecule has 0 fully saturated rings. The maximum absolute atomic E-state index is 5.97. The summed E-state index contributed by atoms with van der Waals surface area (Å²) in [5.41, 5.74) is 0.870. The Morgan fingerprint density at radius 1 is 1.05 bits per heavy atom. The zero-order valence-corrected chi connectivity index (χ0v) is 12.9. The molecule has 0 aliphatic rings. The lowest BCUT2D eigenvalue weighted by Gasteiger charge is -2.12. The lowest BCUT2D eigenvalue weighted by Crippen LogP contribution is -1.91. The average Bonchev–Trinajstić information content (AvgIpc) is 2.51. The van der Waals surface area contributed by atoms with Crippen molar-refractivity contribution in [3.8, 4) is 11.5 Å². The summed E-state index contributed by atoms with van der Waals surface area (Å²) >= 11 is 9.51. The van der Waals surface area contributed by atoms with Crippen molar-refractivity contribution in [2.45, 2.75) is 5.88 Å². The lowest BCUT2D eigenvalue weighted by atomic mass is 10.1. The molecule has 0 bridgehead atoms. The van der Waals surface area contributed by atoms with E-state index in [2.05, 4.69) is 33.0 Å². The summed E-state index contributed by atoms with van der Waals surface area (Å²) in [6, 6.07) is 14.0. The number of fused-ring (bicyclic) bond motifs is 1. The van der Waals surface area contributed by atoms with Crippen molar-refractivity contribution in [1.82, 2.24) is 4.98 Å². The third kappa shape index (κ3) is 2.51. The smallest absolute Gasteiger partial charge is 0.142 e. The molecular formula is C16H11BrClNO. The maximum atomic E-state index is 5.97. The van der Waals surface area contributed by atoms with Crippen LogP contribution in [0.4, 0.5) is 0 Å². The summed E-state index contributed by atoms with van der Waals surface area (Å²) in [6.45, 7) is 0. The number of ether oxygens (including phenoxy) is 1. The molecule has 2 aromatic carbocycles. The molecule has 1 aromatic heterocycles. The van der Waals surface area contributed by atoms with E-state index in [0.29, 0.717) is 5.88 Å². The van der Waals surface area contributed by atoms with E-state index in [0.717, 1.165) is 26.9 Å². The molecule has 0 saturated carbocycles. The lowest BCUT2D eigenvalue weighted by molar-refractivity contribution is 0.475. The molecule has 3 aromatic rings. The topological polar surface area (TPSA) is 22.1 Å². The number of alkyl halides is 1. The van der Waals surface area contributed by atoms with Crippen molar-refractivity contribution in [3.05, 3.63) is 64.9 Å². The Hall–Kier alpha value is -1.58. The van der Waals surface area contributed by atoms with Gasteiger partial charge >= 0.3 is 0 Å². The quantitative estimate of drug-likeness (QED) is 0.581. The minimum atomic E-state index is 0.369. The summed E-state index contributed by atoms with van der Waals surface area (Å²) in [4.78, 5) is 4.05. The summed E-state index contributed by atoms with van der Waals surface area (Å²) in [6.07, 6.45) is 3.41. The molecule has 2 nitrogen and oxygen atoms in total. The van der Waals surface area contributed by atoms with Gasteiger partial charge in [0.2, 0.25) is 0 Å². The average molecular weight is 349 g/mol. The SMILES string of the molecule is ClCc1cnccc1Oc1ccc2ccccc2c1Br. The summed E-state index contributed by atoms with van der Waals surface area (Å²) < 4.78 is 6.91. The highest BCUT2D eigenvalue weighted by Gasteiger charge is 2.09. The van der Waals surface area contributed by atoms with Crippen molar-refractivity contribution in [1.29, 1.82) is 0 Å². The molecule has 0 atom stereocenters. The van der Waals surface area contributed by atoms with Crippen LogP contribution in [0.25, 0.3) is 10.8 Å². The van der Waals surface area contributed by atoms with Gasteiger partial charge in [0.15, 0.2) is 0 Å². The van der Waals surface area contributed by atoms with Gasteiger partial charge in [0.1, 0.15) is 11.5 Å². The van der Waals surface area contributed by atoms with Crippen molar-refractivity contribution >= 4 is 38.3 Å². The van der Waals surface area contributed by atoms with Crippen LogP contribution in [0.5, 0.6) is 11.5 Å². The predicted molar refractivity (Wildman–Crippen MR) is 85.5 cm³/mol. The van der Waals surface area contributed by atoms with Crippen molar-refractivity contribution < 1.29 is 4.74 Å². The Morgan fingerprint density at radius 2 is 1.90 bits per heavy atom. The molecule has 0 N–H and O–H groups in total. The molecule has 20 heavy (non-hydrogen) atoms. The summed E-state index contributed by atoms with van der Waals surface area (Å²) in [7, 11) is 0. The fourth-order valence-corrected chi connectivity index (χ4v) is 2.80. The van der Waals surface area contributed by atoms with E-state index in [1.165, 1.54) is 5.39 Å². The van der Waals surface area contributed by atoms with Crippen LogP contribution in [-0.2, 0) is 5.88 Å². The monoisotopic (exact) mass is 347 g/mol. The van der Waals surface area contributed by atoms with Gasteiger partial charge in [-0.1, -0.05) is 30.3 Å². The molecule has 0 radical (unpaired) electrons. The van der Waals surface area contributed by atoms with Crippen LogP contribution in [0.1, 0.15) is 5.56 Å². The summed E-state index contributed by atoms with van der Waals surface area (Å²) in [5, 5.41) is 2.28. The molecular weight excluding hydrogens is 338 g/mol. The Morgan fingerprint density at radius 3 is 2.75 bits per heavy atom. The Bertz CT molecular complexity index is 760. The van der Waals surface area contributed by atoms with Crippen LogP contribution >= 0.6 is 27.5 Å². The van der Waals surface area contributed by atoms with Crippen molar-refractivity contribution in [2.75, 3.05) is 0 Å². The maximum Gasteiger partial charge on any atom is 0.142 e. The van der Waals surface area contributed by atoms with Gasteiger partial charge in [-0.15, -0.1) is 11.6 Å². The standard InChI is InChI=1S/C16H11BrClNO/c17-16-13-4-2-1-3-11(13)5-6-15(16)20-14-7-8-19-10-12(14)9-18/h1-8,10H,9H2. The van der Waals surface area contributed by atoms with Gasteiger partial charge in [-0.05, 0) is 38.8 Å². The van der Waals surface area contributed by atoms with Crippen molar-refractivity contribution in [2.24, 2.45) is 0 Å². The van der Waals surface area contributed by atoms with E-state index in [9.17, 15) is 0 Å². The van der Waals surface area contributed by atoms with Gasteiger partial charge in [-0.3, -0.25) is 4.98 Å². The molecule has 0 amide bonds. The second kappa shape index (κ2) is 5.81. The fraction of sp³-hybridized carbons (Fsp3) is 0.0625. The highest BCUT2D eigenvalue weighted by Crippen LogP contribution is 2.36. The minimum absolute atomic E-state index is 0.369. The summed E-state index contributed by atoms with van der Waals surface area (Å²) in [5.74, 6) is 1.86. The molecule has 0 spiro atoms. The van der Waals surface area contributed by atoms with E-state index in [-0.39, 0.29) is 0 Å². The van der Waals surface area contributed by atoms with Crippen LogP contribution in [0.3, 0.4) is 0 Å². The first kappa shape index (κ1) is 13.4. The second-order valence-electron chi connectivity index (χ2n) is 4.32. The van der Waals surface area contributed by atoms with Crippen LogP contribution in [0, 0.1) is 0 Å². The first-order chi connectivity index (χ1) is 9.79. The van der Waals surface area contributed by atoms with E-state index < -0.39 is 0 Å². The number of benzene rings is 2. The second-order valence-corrected chi connectivity index (χ2v) is 5.38. The number of pyridine rings is 1. The number of rotatable bonds is 3. The van der Waals surface area contributed by atoms with E-state index in [1.54, 1.807) is 12.4 Å². The molecule has 4 heteroatoms. The van der Waals surface area contributed by atoms with Crippen LogP contribution < -0.4 is 4.74 Å². The van der Waals surface area contributed by atoms with E-state index >= 15 is 0 Å². The normalized spacial score (nSPS) is 10.7. The third-order valence-electron chi connectivity index (χ3n) is 3.05. The molecule has 1 heterocycles. The van der Waals surface area contributed by atoms with Gasteiger partial charge in [0.05, 0.1) is 10.4 Å². The molecule has 0 aliphatic heterocycles. The largest absolute Gasteiger partial charge is 0.456 e. The molecule has 0 saturated heterocycles. The van der Waals surface area contributed by atoms with E-state index in [4.69, 9.17) is 16.3 Å². The van der Waals surface area contributed by atoms with Gasteiger partial charge < -0.3 is 4.74 Å². The van der Waals surface area contributed by atoms with Gasteiger partial charge in [-0.2, -0.15) is 0 Å². The molecule has 0 aliphatic carbocycles. The zero-order chi connectivity index (χ0) is 13.9. The third-order valence-corrected chi connectivity index (χ3v) is 4.16. The van der Waals surface area contributed by atoms with Crippen LogP contribution in [0.2, 0.25) is 0 Å². The predicted octanol–water partition coefficient (Wildman–Crippen LogP) is 5.53. The first-order valence-corrected chi connectivity index (χ1v) is 7.46. The molecule has 0 unspecified atom stereocenters. The Labute approximate surface area is 130 Å². The molecule has 100 valence electrons. The Kier molecular flexibility index (Phi) is 3.90. The van der Waals surface area contributed by atoms with Gasteiger partial charge in [0, 0.05) is 18.0 Å². The van der Waals surface area contributed by atoms with E-state index in [1.807, 2.05) is 30.3 Å². The van der Waals surface area contributed by atoms with Gasteiger partial charge in [-0.25, -0.2) is 0 Å². The highest BCUT2D eigenvalue weighted by atomic mass is 79.9. The fourth-order valence-electron chi connectivity index (χ4n) is 2.03. The number of hydrogen-bond acceptors (Lipinski definition) is 2. The van der Waals surface area contributed by atoms with Gasteiger partial charge in [0.25, 0.3) is 0 Å². The number of nitrogens with zero attached hydrogens (tertiary/aromatic N) is 1. The number of halogens is 2. The van der Waals surface area contributed by atoms with Crippen LogP contribution in [-0.4, -0.2) is 4.98 Å². The van der Waals surface area contributed by atoms with Crippen LogP contribution in [0.15, 0.2) is 59.3 Å². The first-order valence-electron chi connectivity index (χ1n) is 6.13. The van der Waals surface area contributed by atoms with Crippen molar-refractivity contribution in [3.63, 3.8) is 0 Å². The Balaban J connectivity index is 2.05. The number of hydrogen-bond donors (Lipinski definition) is 0. The number of aromatic nitrogens is 1. The molecule has 3 rings (SSSR count). The minimum Gasteiger partial charge on any atom is -0.456 e. The zero-order valence-electron chi connectivity index (χ0n) is 10.5. The highest BCUT2D eigenvalue weighted by molar-refractivity contribution is 9.10.